The summed E-state index contributed by atoms with van der Waals surface area (Å²) >= 11 is 3.65. The summed E-state index contributed by atoms with van der Waals surface area (Å²) in [6, 6.07) is 17.3. The minimum atomic E-state index is 0.532. The number of aromatic nitrogens is 1. The minimum Gasteiger partial charge on any atom is -0.313 e. The van der Waals surface area contributed by atoms with E-state index in [1.54, 1.807) is 0 Å². The molecule has 0 saturated heterocycles. The van der Waals surface area contributed by atoms with E-state index in [2.05, 4.69) is 88.1 Å². The van der Waals surface area contributed by atoms with Crippen LogP contribution < -0.4 is 0 Å². The van der Waals surface area contributed by atoms with E-state index in [0.29, 0.717) is 5.92 Å². The fourth-order valence-corrected chi connectivity index (χ4v) is 3.51. The lowest BCUT2D eigenvalue weighted by Crippen LogP contribution is -2.06. The Kier molecular flexibility index (Phi) is 3.00. The molecule has 0 N–H and O–H groups in total. The summed E-state index contributed by atoms with van der Waals surface area (Å²) < 4.78 is 3.70. The zero-order valence-electron chi connectivity index (χ0n) is 11.9. The van der Waals surface area contributed by atoms with Gasteiger partial charge in [0, 0.05) is 16.5 Å². The largest absolute Gasteiger partial charge is 0.313 e. The molecular weight excluding hydrogens is 322 g/mol. The van der Waals surface area contributed by atoms with Crippen molar-refractivity contribution < 1.29 is 0 Å². The van der Waals surface area contributed by atoms with Gasteiger partial charge in [-0.1, -0.05) is 65.3 Å². The van der Waals surface area contributed by atoms with Crippen LogP contribution in [-0.2, 0) is 0 Å². The summed E-state index contributed by atoms with van der Waals surface area (Å²) in [5, 5.41) is 2.66. The number of hydrogen-bond donors (Lipinski definition) is 0. The summed E-state index contributed by atoms with van der Waals surface area (Å²) in [6.45, 7) is 2.27. The van der Waals surface area contributed by atoms with Gasteiger partial charge in [0.1, 0.15) is 0 Å². The molecule has 2 aromatic carbocycles. The molecule has 2 heteroatoms. The third-order valence-electron chi connectivity index (χ3n) is 4.29. The highest BCUT2D eigenvalue weighted by atomic mass is 79.9. The van der Waals surface area contributed by atoms with Crippen molar-refractivity contribution >= 4 is 43.4 Å². The first-order valence-electron chi connectivity index (χ1n) is 7.30. The Bertz CT molecular complexity index is 845. The first-order valence-corrected chi connectivity index (χ1v) is 8.10. The Hall–Kier alpha value is -1.80. The third kappa shape index (κ3) is 1.97. The van der Waals surface area contributed by atoms with Crippen molar-refractivity contribution in [2.24, 2.45) is 5.92 Å². The van der Waals surface area contributed by atoms with E-state index in [9.17, 15) is 0 Å². The van der Waals surface area contributed by atoms with Gasteiger partial charge in [-0.15, -0.1) is 0 Å². The highest BCUT2D eigenvalue weighted by Gasteiger charge is 2.18. The molecule has 1 nitrogen and oxygen atoms in total. The Morgan fingerprint density at radius 1 is 0.905 bits per heavy atom. The van der Waals surface area contributed by atoms with Gasteiger partial charge in [0.2, 0.25) is 0 Å². The molecular formula is C19H16BrN. The Labute approximate surface area is 132 Å². The molecule has 0 radical (unpaired) electrons. The molecule has 1 aromatic heterocycles. The summed E-state index contributed by atoms with van der Waals surface area (Å²) in [4.78, 5) is 0. The van der Waals surface area contributed by atoms with Gasteiger partial charge in [-0.2, -0.15) is 0 Å². The van der Waals surface area contributed by atoms with Crippen LogP contribution in [0.25, 0.3) is 27.5 Å². The van der Waals surface area contributed by atoms with Gasteiger partial charge in [0.15, 0.2) is 0 Å². The fraction of sp³-hybridized carbons (Fsp3) is 0.158. The molecule has 21 heavy (non-hydrogen) atoms. The molecule has 0 spiro atoms. The van der Waals surface area contributed by atoms with Crippen LogP contribution >= 0.6 is 15.9 Å². The zero-order valence-corrected chi connectivity index (χ0v) is 13.5. The molecule has 0 bridgehead atoms. The molecule has 0 amide bonds. The van der Waals surface area contributed by atoms with Crippen LogP contribution in [0.4, 0.5) is 0 Å². The van der Waals surface area contributed by atoms with Crippen molar-refractivity contribution in [2.75, 3.05) is 0 Å². The van der Waals surface area contributed by atoms with E-state index in [1.165, 1.54) is 32.0 Å². The first-order chi connectivity index (χ1) is 10.3. The second kappa shape index (κ2) is 4.88. The zero-order chi connectivity index (χ0) is 14.4. The van der Waals surface area contributed by atoms with E-state index in [0.717, 1.165) is 6.42 Å². The highest BCUT2D eigenvalue weighted by molar-refractivity contribution is 9.11. The van der Waals surface area contributed by atoms with Crippen molar-refractivity contribution in [2.45, 2.75) is 13.3 Å². The predicted octanol–water partition coefficient (Wildman–Crippen LogP) is 5.95. The maximum atomic E-state index is 3.65. The van der Waals surface area contributed by atoms with Crippen LogP contribution in [0.5, 0.6) is 0 Å². The third-order valence-corrected chi connectivity index (χ3v) is 5.33. The second-order valence-corrected chi connectivity index (χ2v) is 6.60. The Balaban J connectivity index is 2.07. The quantitative estimate of drug-likeness (QED) is 0.516. The highest BCUT2D eigenvalue weighted by Crippen LogP contribution is 2.37. The predicted molar refractivity (Wildman–Crippen MR) is 94.5 cm³/mol. The van der Waals surface area contributed by atoms with Crippen molar-refractivity contribution in [1.29, 1.82) is 0 Å². The van der Waals surface area contributed by atoms with E-state index in [1.807, 2.05) is 0 Å². The van der Waals surface area contributed by atoms with Crippen molar-refractivity contribution in [3.63, 3.8) is 0 Å². The molecule has 1 heterocycles. The summed E-state index contributed by atoms with van der Waals surface area (Å²) in [7, 11) is 0. The molecule has 0 fully saturated rings. The van der Waals surface area contributed by atoms with Gasteiger partial charge in [0.05, 0.1) is 11.0 Å². The van der Waals surface area contributed by atoms with Crippen LogP contribution in [0.1, 0.15) is 13.3 Å². The van der Waals surface area contributed by atoms with Crippen LogP contribution in [0.2, 0.25) is 0 Å². The van der Waals surface area contributed by atoms with Gasteiger partial charge < -0.3 is 4.57 Å². The average Bonchev–Trinajstić information content (AvgIpc) is 2.85. The van der Waals surface area contributed by atoms with E-state index in [-0.39, 0.29) is 0 Å². The number of rotatable bonds is 1. The van der Waals surface area contributed by atoms with E-state index in [4.69, 9.17) is 0 Å². The van der Waals surface area contributed by atoms with E-state index >= 15 is 0 Å². The lowest BCUT2D eigenvalue weighted by molar-refractivity contribution is 0.721. The molecule has 1 unspecified atom stereocenters. The second-order valence-electron chi connectivity index (χ2n) is 5.68. The number of halogens is 1. The number of hydrogen-bond acceptors (Lipinski definition) is 0. The minimum absolute atomic E-state index is 0.532. The lowest BCUT2D eigenvalue weighted by Gasteiger charge is -2.20. The first kappa shape index (κ1) is 12.9. The molecule has 4 rings (SSSR count). The maximum Gasteiger partial charge on any atom is 0.0537 e. The molecule has 1 aliphatic rings. The fourth-order valence-electron chi connectivity index (χ4n) is 3.22. The van der Waals surface area contributed by atoms with Crippen molar-refractivity contribution in [3.05, 3.63) is 65.2 Å². The van der Waals surface area contributed by atoms with E-state index < -0.39 is 0 Å². The average molecular weight is 338 g/mol. The molecule has 104 valence electrons. The molecule has 3 aromatic rings. The monoisotopic (exact) mass is 337 g/mol. The van der Waals surface area contributed by atoms with Crippen LogP contribution in [0, 0.1) is 5.92 Å². The van der Waals surface area contributed by atoms with Gasteiger partial charge in [0.25, 0.3) is 0 Å². The number of para-hydroxylation sites is 2. The summed E-state index contributed by atoms with van der Waals surface area (Å²) in [6.07, 6.45) is 5.48. The van der Waals surface area contributed by atoms with Gasteiger partial charge in [-0.05, 0) is 35.0 Å². The number of benzene rings is 2. The normalized spacial score (nSPS) is 18.9. The summed E-state index contributed by atoms with van der Waals surface area (Å²) in [5.74, 6) is 0.532. The van der Waals surface area contributed by atoms with Crippen LogP contribution in [-0.4, -0.2) is 4.57 Å². The van der Waals surface area contributed by atoms with Crippen molar-refractivity contribution in [1.82, 2.24) is 4.57 Å². The van der Waals surface area contributed by atoms with Crippen molar-refractivity contribution in [3.8, 4) is 0 Å². The standard InChI is InChI=1S/C19H16BrN/c1-13-12-14(10-11-17(13)20)21-18-8-4-2-6-15(18)16-7-3-5-9-19(16)21/h2-11,13H,12H2,1H3. The van der Waals surface area contributed by atoms with Gasteiger partial charge in [-0.25, -0.2) is 0 Å². The number of nitrogens with zero attached hydrogens (tertiary/aromatic N) is 1. The van der Waals surface area contributed by atoms with Gasteiger partial charge in [-0.3, -0.25) is 0 Å². The van der Waals surface area contributed by atoms with Crippen LogP contribution in [0.3, 0.4) is 0 Å². The molecule has 1 atom stereocenters. The number of fused-ring (bicyclic) bond motifs is 3. The maximum absolute atomic E-state index is 3.65. The summed E-state index contributed by atoms with van der Waals surface area (Å²) in [5.41, 5.74) is 3.95. The lowest BCUT2D eigenvalue weighted by atomic mass is 10.00. The molecule has 0 aliphatic heterocycles. The smallest absolute Gasteiger partial charge is 0.0537 e. The Morgan fingerprint density at radius 2 is 1.48 bits per heavy atom. The van der Waals surface area contributed by atoms with Crippen LogP contribution in [0.15, 0.2) is 65.2 Å². The van der Waals surface area contributed by atoms with Gasteiger partial charge >= 0.3 is 0 Å². The number of allylic oxidation sites excluding steroid dienone is 4. The SMILES string of the molecule is CC1CC(n2c3ccccc3c3ccccc32)=CC=C1Br. The topological polar surface area (TPSA) is 4.93 Å². The molecule has 1 aliphatic carbocycles. The molecule has 0 saturated carbocycles. The Morgan fingerprint density at radius 3 is 2.05 bits per heavy atom.